The van der Waals surface area contributed by atoms with Gasteiger partial charge in [-0.25, -0.2) is 19.3 Å². The molecule has 2 aliphatic heterocycles. The maximum absolute atomic E-state index is 15.2. The van der Waals surface area contributed by atoms with Crippen LogP contribution < -0.4 is 21.1 Å². The number of nitrogens with one attached hydrogen (secondary N) is 2. The van der Waals surface area contributed by atoms with Crippen molar-refractivity contribution in [2.24, 2.45) is 0 Å². The monoisotopic (exact) mass is 657 g/mol. The van der Waals surface area contributed by atoms with Crippen molar-refractivity contribution in [3.8, 4) is 11.3 Å². The van der Waals surface area contributed by atoms with E-state index in [1.807, 2.05) is 18.1 Å². The molecule has 0 radical (unpaired) electrons. The average molecular weight is 658 g/mol. The van der Waals surface area contributed by atoms with E-state index in [1.165, 1.54) is 18.3 Å². The predicted octanol–water partition coefficient (Wildman–Crippen LogP) is 5.26. The summed E-state index contributed by atoms with van der Waals surface area (Å²) in [6.45, 7) is 6.05. The molecule has 244 valence electrons. The van der Waals surface area contributed by atoms with Gasteiger partial charge in [-0.1, -0.05) is 11.9 Å². The normalized spacial score (nSPS) is 18.3. The highest BCUT2D eigenvalue weighted by molar-refractivity contribution is 7.96. The Morgan fingerprint density at radius 2 is 1.87 bits per heavy atom. The number of alkyl halides is 3. The molecule has 0 aliphatic carbocycles. The second-order valence-corrected chi connectivity index (χ2v) is 12.6. The molecule has 2 N–H and O–H groups in total. The Kier molecular flexibility index (Phi) is 9.17. The highest BCUT2D eigenvalue weighted by Gasteiger charge is 2.31. The molecular weight excluding hydrogens is 622 g/mol. The Bertz CT molecular complexity index is 1790. The minimum absolute atomic E-state index is 0.0172. The molecule has 1 atom stereocenters. The first kappa shape index (κ1) is 32.1. The Hall–Kier alpha value is -3.82. The lowest BCUT2D eigenvalue weighted by atomic mass is 9.96. The standard InChI is InChI=1S/C31H35F4N9OS/c1-18-14-37-27(20-6-9-42(46-3)10-7-20)40-26(18)23-12-21-16-38-30(41-28(21)44(29(23)45)17-31(33,34)35)39-22-4-5-25(24(32)13-22)43-11-8-36-15-19(43)2/h4-5,12-14,16,19-20,36H,6-11,15,17H2,1-3H3,(H,38,39,41). The number of rotatable bonds is 7. The zero-order valence-corrected chi connectivity index (χ0v) is 26.6. The van der Waals surface area contributed by atoms with Gasteiger partial charge in [0.15, 0.2) is 0 Å². The van der Waals surface area contributed by atoms with Crippen LogP contribution in [0.2, 0.25) is 0 Å². The number of piperazine rings is 1. The summed E-state index contributed by atoms with van der Waals surface area (Å²) in [4.78, 5) is 33.6. The molecule has 10 nitrogen and oxygen atoms in total. The van der Waals surface area contributed by atoms with E-state index in [0.29, 0.717) is 33.9 Å². The molecule has 4 aromatic rings. The smallest absolute Gasteiger partial charge is 0.364 e. The van der Waals surface area contributed by atoms with Crippen LogP contribution in [0.4, 0.5) is 34.9 Å². The van der Waals surface area contributed by atoms with Crippen LogP contribution in [0.1, 0.15) is 37.1 Å². The van der Waals surface area contributed by atoms with Gasteiger partial charge in [0.05, 0.1) is 16.9 Å². The molecule has 0 bridgehead atoms. The van der Waals surface area contributed by atoms with E-state index >= 15 is 4.39 Å². The lowest BCUT2D eigenvalue weighted by Gasteiger charge is -2.36. The van der Waals surface area contributed by atoms with Crippen LogP contribution in [0.25, 0.3) is 22.3 Å². The van der Waals surface area contributed by atoms with Crippen molar-refractivity contribution in [3.63, 3.8) is 0 Å². The Morgan fingerprint density at radius 1 is 1.09 bits per heavy atom. The van der Waals surface area contributed by atoms with Gasteiger partial charge in [-0.15, -0.1) is 0 Å². The van der Waals surface area contributed by atoms with E-state index in [0.717, 1.165) is 39.0 Å². The molecule has 2 fully saturated rings. The quantitative estimate of drug-likeness (QED) is 0.202. The van der Waals surface area contributed by atoms with Gasteiger partial charge in [-0.3, -0.25) is 13.7 Å². The highest BCUT2D eigenvalue weighted by Crippen LogP contribution is 2.31. The van der Waals surface area contributed by atoms with E-state index < -0.39 is 24.1 Å². The molecule has 46 heavy (non-hydrogen) atoms. The number of aryl methyl sites for hydroxylation is 1. The van der Waals surface area contributed by atoms with Crippen molar-refractivity contribution in [1.82, 2.24) is 34.1 Å². The summed E-state index contributed by atoms with van der Waals surface area (Å²) in [7, 11) is 0. The Balaban J connectivity index is 1.35. The molecule has 15 heteroatoms. The van der Waals surface area contributed by atoms with Gasteiger partial charge < -0.3 is 15.5 Å². The number of halogens is 4. The fourth-order valence-electron chi connectivity index (χ4n) is 6.08. The molecule has 6 rings (SSSR count). The van der Waals surface area contributed by atoms with Crippen molar-refractivity contribution in [2.75, 3.05) is 49.2 Å². The van der Waals surface area contributed by atoms with Crippen LogP contribution in [-0.2, 0) is 6.54 Å². The van der Waals surface area contributed by atoms with Crippen LogP contribution in [0, 0.1) is 12.7 Å². The van der Waals surface area contributed by atoms with Crippen LogP contribution in [-0.4, -0.2) is 80.0 Å². The van der Waals surface area contributed by atoms with E-state index in [2.05, 4.69) is 29.9 Å². The minimum Gasteiger partial charge on any atom is -0.364 e. The molecular formula is C31H35F4N9OS. The van der Waals surface area contributed by atoms with Gasteiger partial charge in [0.2, 0.25) is 5.95 Å². The fourth-order valence-corrected chi connectivity index (χ4v) is 6.66. The number of pyridine rings is 1. The van der Waals surface area contributed by atoms with E-state index in [1.54, 1.807) is 37.2 Å². The number of hydrogen-bond donors (Lipinski definition) is 2. The molecule has 0 amide bonds. The third kappa shape index (κ3) is 6.81. The lowest BCUT2D eigenvalue weighted by molar-refractivity contribution is -0.140. The van der Waals surface area contributed by atoms with Gasteiger partial charge in [-0.05, 0) is 62.8 Å². The SMILES string of the molecule is CSN1CCC(c2ncc(C)c(-c3cc4cnc(Nc5ccc(N6CCNCC6C)c(F)c5)nc4n(CC(F)(F)F)c3=O)n2)CC1. The number of fused-ring (bicyclic) bond motifs is 1. The van der Waals surface area contributed by atoms with E-state index in [4.69, 9.17) is 4.98 Å². The minimum atomic E-state index is -4.70. The highest BCUT2D eigenvalue weighted by atomic mass is 32.2. The van der Waals surface area contributed by atoms with Crippen molar-refractivity contribution >= 4 is 40.3 Å². The van der Waals surface area contributed by atoms with Gasteiger partial charge in [0.1, 0.15) is 23.8 Å². The summed E-state index contributed by atoms with van der Waals surface area (Å²) >= 11 is 1.68. The zero-order chi connectivity index (χ0) is 32.6. The maximum Gasteiger partial charge on any atom is 0.406 e. The lowest BCUT2D eigenvalue weighted by Crippen LogP contribution is -2.50. The van der Waals surface area contributed by atoms with Crippen molar-refractivity contribution in [1.29, 1.82) is 0 Å². The van der Waals surface area contributed by atoms with Gasteiger partial charge >= 0.3 is 6.18 Å². The molecule has 5 heterocycles. The molecule has 1 aromatic carbocycles. The second kappa shape index (κ2) is 13.1. The van der Waals surface area contributed by atoms with E-state index in [-0.39, 0.29) is 40.2 Å². The summed E-state index contributed by atoms with van der Waals surface area (Å²) < 4.78 is 59.5. The number of hydrogen-bond acceptors (Lipinski definition) is 10. The number of anilines is 3. The number of nitrogens with zero attached hydrogens (tertiary/aromatic N) is 7. The third-order valence-electron chi connectivity index (χ3n) is 8.50. The maximum atomic E-state index is 15.2. The molecule has 1 unspecified atom stereocenters. The topological polar surface area (TPSA) is 104 Å². The van der Waals surface area contributed by atoms with Crippen molar-refractivity contribution in [2.45, 2.75) is 51.4 Å². The molecule has 0 saturated carbocycles. The fraction of sp³-hybridized carbons (Fsp3) is 0.452. The van der Waals surface area contributed by atoms with E-state index in [9.17, 15) is 18.0 Å². The second-order valence-electron chi connectivity index (χ2n) is 11.7. The first-order valence-electron chi connectivity index (χ1n) is 15.1. The third-order valence-corrected chi connectivity index (χ3v) is 9.38. The molecule has 3 aromatic heterocycles. The van der Waals surface area contributed by atoms with Gasteiger partial charge in [0.25, 0.3) is 5.56 Å². The summed E-state index contributed by atoms with van der Waals surface area (Å²) in [5.74, 6) is 0.128. The van der Waals surface area contributed by atoms with Crippen molar-refractivity contribution < 1.29 is 17.6 Å². The zero-order valence-electron chi connectivity index (χ0n) is 25.7. The Morgan fingerprint density at radius 3 is 2.57 bits per heavy atom. The average Bonchev–Trinajstić information content (AvgIpc) is 3.03. The molecule has 2 saturated heterocycles. The summed E-state index contributed by atoms with van der Waals surface area (Å²) in [6.07, 6.45) is 1.97. The molecule has 0 spiro atoms. The van der Waals surface area contributed by atoms with Crippen LogP contribution in [0.5, 0.6) is 0 Å². The summed E-state index contributed by atoms with van der Waals surface area (Å²) in [5.41, 5.74) is 0.573. The first-order chi connectivity index (χ1) is 22.0. The van der Waals surface area contributed by atoms with Gasteiger partial charge in [0, 0.05) is 68.2 Å². The number of benzene rings is 1. The number of aromatic nitrogens is 5. The summed E-state index contributed by atoms with van der Waals surface area (Å²) in [6, 6.07) is 6.19. The number of piperidine rings is 1. The van der Waals surface area contributed by atoms with Crippen LogP contribution in [0.3, 0.4) is 0 Å². The largest absolute Gasteiger partial charge is 0.406 e. The predicted molar refractivity (Wildman–Crippen MR) is 172 cm³/mol. The summed E-state index contributed by atoms with van der Waals surface area (Å²) in [5, 5.41) is 6.38. The molecule has 2 aliphatic rings. The van der Waals surface area contributed by atoms with Crippen LogP contribution >= 0.6 is 11.9 Å². The van der Waals surface area contributed by atoms with Crippen molar-refractivity contribution in [3.05, 3.63) is 64.2 Å². The van der Waals surface area contributed by atoms with Gasteiger partial charge in [-0.2, -0.15) is 18.2 Å². The van der Waals surface area contributed by atoms with Crippen LogP contribution in [0.15, 0.2) is 41.5 Å². The Labute approximate surface area is 267 Å². The first-order valence-corrected chi connectivity index (χ1v) is 16.3.